The van der Waals surface area contributed by atoms with Crippen LogP contribution < -0.4 is 0 Å². The van der Waals surface area contributed by atoms with Gasteiger partial charge >= 0.3 is 0 Å². The van der Waals surface area contributed by atoms with E-state index in [1.807, 2.05) is 26.0 Å². The van der Waals surface area contributed by atoms with E-state index < -0.39 is 0 Å². The highest BCUT2D eigenvalue weighted by molar-refractivity contribution is 5.42. The third-order valence-electron chi connectivity index (χ3n) is 2.15. The molecular weight excluding hydrogens is 148 g/mol. The molecule has 0 aliphatic heterocycles. The summed E-state index contributed by atoms with van der Waals surface area (Å²) in [6.45, 7) is 8.03. The van der Waals surface area contributed by atoms with Crippen LogP contribution in [0, 0.1) is 13.8 Å². The Morgan fingerprint density at radius 3 is 1.83 bits per heavy atom. The zero-order chi connectivity index (χ0) is 9.30. The molecule has 0 heterocycles. The lowest BCUT2D eigenvalue weighted by Crippen LogP contribution is -1.90. The van der Waals surface area contributed by atoms with Crippen molar-refractivity contribution in [3.8, 4) is 5.75 Å². The fourth-order valence-corrected chi connectivity index (χ4v) is 1.32. The Labute approximate surface area is 74.1 Å². The number of hydrogen-bond donors (Lipinski definition) is 0. The van der Waals surface area contributed by atoms with Crippen LogP contribution in [0.5, 0.6) is 5.75 Å². The summed E-state index contributed by atoms with van der Waals surface area (Å²) >= 11 is 0. The SMILES string of the molecule is Cc1cc(C(C)C)cc(C)c1[O]. The van der Waals surface area contributed by atoms with Crippen molar-refractivity contribution in [1.29, 1.82) is 0 Å². The number of rotatable bonds is 1. The quantitative estimate of drug-likeness (QED) is 0.603. The van der Waals surface area contributed by atoms with Crippen molar-refractivity contribution < 1.29 is 5.11 Å². The summed E-state index contributed by atoms with van der Waals surface area (Å²) in [6, 6.07) is 3.97. The molecule has 0 aromatic heterocycles. The molecule has 0 saturated carbocycles. The summed E-state index contributed by atoms with van der Waals surface area (Å²) in [5, 5.41) is 11.3. The van der Waals surface area contributed by atoms with Gasteiger partial charge in [0.2, 0.25) is 0 Å². The average molecular weight is 163 g/mol. The standard InChI is InChI=1S/C11H15O/c1-7(2)10-5-8(3)11(12)9(4)6-10/h5-7H,1-4H3. The first-order valence-corrected chi connectivity index (χ1v) is 4.30. The van der Waals surface area contributed by atoms with Gasteiger partial charge in [0.05, 0.1) is 0 Å². The minimum Gasteiger partial charge on any atom is -0.289 e. The van der Waals surface area contributed by atoms with Gasteiger partial charge in [0.25, 0.3) is 0 Å². The normalized spacial score (nSPS) is 10.8. The Hall–Kier alpha value is -0.980. The Balaban J connectivity index is 3.21. The van der Waals surface area contributed by atoms with Gasteiger partial charge in [-0.2, -0.15) is 0 Å². The minimum absolute atomic E-state index is 0.180. The van der Waals surface area contributed by atoms with Crippen LogP contribution in [0.1, 0.15) is 36.5 Å². The summed E-state index contributed by atoms with van der Waals surface area (Å²) in [6.07, 6.45) is 0. The summed E-state index contributed by atoms with van der Waals surface area (Å²) in [7, 11) is 0. The van der Waals surface area contributed by atoms with Crippen molar-refractivity contribution in [3.05, 3.63) is 28.8 Å². The van der Waals surface area contributed by atoms with E-state index in [4.69, 9.17) is 0 Å². The van der Waals surface area contributed by atoms with Crippen molar-refractivity contribution >= 4 is 0 Å². The van der Waals surface area contributed by atoms with E-state index in [0.717, 1.165) is 11.1 Å². The van der Waals surface area contributed by atoms with E-state index in [-0.39, 0.29) is 5.75 Å². The molecule has 0 spiro atoms. The Morgan fingerprint density at radius 2 is 1.50 bits per heavy atom. The maximum atomic E-state index is 11.3. The molecule has 0 amide bonds. The van der Waals surface area contributed by atoms with Gasteiger partial charge in [-0.15, -0.1) is 0 Å². The van der Waals surface area contributed by atoms with Crippen molar-refractivity contribution in [3.63, 3.8) is 0 Å². The lowest BCUT2D eigenvalue weighted by molar-refractivity contribution is 0.348. The molecule has 0 atom stereocenters. The average Bonchev–Trinajstić information content (AvgIpc) is 1.99. The van der Waals surface area contributed by atoms with E-state index in [1.165, 1.54) is 5.56 Å². The first kappa shape index (κ1) is 9.11. The van der Waals surface area contributed by atoms with Gasteiger partial charge in [0, 0.05) is 0 Å². The zero-order valence-electron chi connectivity index (χ0n) is 8.14. The summed E-state index contributed by atoms with van der Waals surface area (Å²) in [5.74, 6) is 0.683. The van der Waals surface area contributed by atoms with Crippen LogP contribution in [0.15, 0.2) is 12.1 Å². The largest absolute Gasteiger partial charge is 0.289 e. The van der Waals surface area contributed by atoms with Crippen molar-refractivity contribution in [1.82, 2.24) is 0 Å². The lowest BCUT2D eigenvalue weighted by Gasteiger charge is -2.08. The first-order chi connectivity index (χ1) is 5.52. The Bertz CT molecular complexity index is 264. The van der Waals surface area contributed by atoms with E-state index in [1.54, 1.807) is 0 Å². The maximum absolute atomic E-state index is 11.3. The lowest BCUT2D eigenvalue weighted by atomic mass is 9.98. The Morgan fingerprint density at radius 1 is 1.08 bits per heavy atom. The van der Waals surface area contributed by atoms with Gasteiger partial charge < -0.3 is 0 Å². The molecule has 0 bridgehead atoms. The molecule has 12 heavy (non-hydrogen) atoms. The molecule has 0 aliphatic carbocycles. The number of aryl methyl sites for hydroxylation is 2. The predicted molar refractivity (Wildman–Crippen MR) is 50.1 cm³/mol. The highest BCUT2D eigenvalue weighted by atomic mass is 16.3. The van der Waals surface area contributed by atoms with Crippen LogP contribution in [0.4, 0.5) is 0 Å². The van der Waals surface area contributed by atoms with E-state index in [2.05, 4.69) is 13.8 Å². The van der Waals surface area contributed by atoms with Gasteiger partial charge in [-0.25, -0.2) is 0 Å². The molecule has 1 aromatic carbocycles. The van der Waals surface area contributed by atoms with E-state index in [9.17, 15) is 5.11 Å². The zero-order valence-corrected chi connectivity index (χ0v) is 8.14. The van der Waals surface area contributed by atoms with Gasteiger partial charge in [-0.3, -0.25) is 5.11 Å². The van der Waals surface area contributed by atoms with Crippen LogP contribution in [-0.2, 0) is 5.11 Å². The molecule has 0 unspecified atom stereocenters. The van der Waals surface area contributed by atoms with E-state index >= 15 is 0 Å². The van der Waals surface area contributed by atoms with Crippen molar-refractivity contribution in [2.24, 2.45) is 0 Å². The van der Waals surface area contributed by atoms with Gasteiger partial charge in [0.1, 0.15) is 0 Å². The fraction of sp³-hybridized carbons (Fsp3) is 0.455. The monoisotopic (exact) mass is 163 g/mol. The highest BCUT2D eigenvalue weighted by Gasteiger charge is 2.06. The summed E-state index contributed by atoms with van der Waals surface area (Å²) in [5.41, 5.74) is 2.97. The molecule has 1 rings (SSSR count). The van der Waals surface area contributed by atoms with Crippen LogP contribution in [0.25, 0.3) is 0 Å². The summed E-state index contributed by atoms with van der Waals surface area (Å²) in [4.78, 5) is 0. The molecular formula is C11H15O. The van der Waals surface area contributed by atoms with Crippen molar-refractivity contribution in [2.45, 2.75) is 33.6 Å². The Kier molecular flexibility index (Phi) is 2.41. The smallest absolute Gasteiger partial charge is 0.184 e. The second-order valence-electron chi connectivity index (χ2n) is 3.64. The van der Waals surface area contributed by atoms with Gasteiger partial charge in [0.15, 0.2) is 5.75 Å². The summed E-state index contributed by atoms with van der Waals surface area (Å²) < 4.78 is 0. The second kappa shape index (κ2) is 3.18. The molecule has 0 aliphatic rings. The highest BCUT2D eigenvalue weighted by Crippen LogP contribution is 2.26. The number of benzene rings is 1. The first-order valence-electron chi connectivity index (χ1n) is 4.30. The topological polar surface area (TPSA) is 19.9 Å². The van der Waals surface area contributed by atoms with Crippen LogP contribution in [0.3, 0.4) is 0 Å². The molecule has 0 saturated heterocycles. The van der Waals surface area contributed by atoms with Crippen LogP contribution in [-0.4, -0.2) is 0 Å². The minimum atomic E-state index is 0.180. The molecule has 1 heteroatoms. The van der Waals surface area contributed by atoms with Crippen LogP contribution in [0.2, 0.25) is 0 Å². The molecule has 1 radical (unpaired) electrons. The third kappa shape index (κ3) is 1.60. The second-order valence-corrected chi connectivity index (χ2v) is 3.64. The van der Waals surface area contributed by atoms with E-state index in [0.29, 0.717) is 5.92 Å². The fourth-order valence-electron chi connectivity index (χ4n) is 1.32. The molecule has 1 nitrogen and oxygen atoms in total. The molecule has 65 valence electrons. The number of hydrogen-bond acceptors (Lipinski definition) is 0. The van der Waals surface area contributed by atoms with Gasteiger partial charge in [-0.05, 0) is 36.5 Å². The molecule has 1 aromatic rings. The maximum Gasteiger partial charge on any atom is 0.184 e. The predicted octanol–water partition coefficient (Wildman–Crippen LogP) is 3.57. The van der Waals surface area contributed by atoms with Crippen molar-refractivity contribution in [2.75, 3.05) is 0 Å². The molecule has 0 N–H and O–H groups in total. The molecule has 0 fully saturated rings. The van der Waals surface area contributed by atoms with Gasteiger partial charge in [-0.1, -0.05) is 26.0 Å². The van der Waals surface area contributed by atoms with Crippen LogP contribution >= 0.6 is 0 Å². The third-order valence-corrected chi connectivity index (χ3v) is 2.15.